The minimum Gasteiger partial charge on any atom is -0.492 e. The van der Waals surface area contributed by atoms with Crippen molar-refractivity contribution in [3.05, 3.63) is 28.2 Å². The zero-order valence-corrected chi connectivity index (χ0v) is 11.9. The number of halogens is 1. The summed E-state index contributed by atoms with van der Waals surface area (Å²) in [5, 5.41) is 7.35. The molecular formula is C13H19BrN2O. The number of nitrogen functional groups attached to an aromatic ring is 1. The standard InChI is InChI=1S/C13H19BrN2O/c1-3-9(4-2)8-17-12-6-5-10(13(15)16)7-11(12)14/h5-7,9H,3-4,8H2,1-2H3,(H3,15,16). The van der Waals surface area contributed by atoms with E-state index < -0.39 is 0 Å². The molecule has 0 atom stereocenters. The zero-order chi connectivity index (χ0) is 12.8. The fourth-order valence-corrected chi connectivity index (χ4v) is 2.01. The molecule has 0 fully saturated rings. The zero-order valence-electron chi connectivity index (χ0n) is 10.3. The number of amidine groups is 1. The van der Waals surface area contributed by atoms with E-state index in [2.05, 4.69) is 29.8 Å². The van der Waals surface area contributed by atoms with Crippen molar-refractivity contribution in [3.8, 4) is 5.75 Å². The van der Waals surface area contributed by atoms with E-state index in [1.54, 1.807) is 6.07 Å². The van der Waals surface area contributed by atoms with Gasteiger partial charge in [0.1, 0.15) is 11.6 Å². The van der Waals surface area contributed by atoms with Crippen LogP contribution in [0.3, 0.4) is 0 Å². The number of nitrogens with one attached hydrogen (secondary N) is 1. The van der Waals surface area contributed by atoms with Gasteiger partial charge >= 0.3 is 0 Å². The fraction of sp³-hybridized carbons (Fsp3) is 0.462. The first-order valence-electron chi connectivity index (χ1n) is 5.85. The smallest absolute Gasteiger partial charge is 0.133 e. The summed E-state index contributed by atoms with van der Waals surface area (Å²) in [4.78, 5) is 0. The van der Waals surface area contributed by atoms with Crippen LogP contribution in [0.1, 0.15) is 32.3 Å². The van der Waals surface area contributed by atoms with Gasteiger partial charge < -0.3 is 10.5 Å². The van der Waals surface area contributed by atoms with E-state index in [1.165, 1.54) is 0 Å². The first-order chi connectivity index (χ1) is 8.08. The Hall–Kier alpha value is -1.03. The monoisotopic (exact) mass is 298 g/mol. The summed E-state index contributed by atoms with van der Waals surface area (Å²) in [6.45, 7) is 5.07. The third-order valence-electron chi connectivity index (χ3n) is 2.87. The van der Waals surface area contributed by atoms with Crippen LogP contribution in [0.2, 0.25) is 0 Å². The van der Waals surface area contributed by atoms with Gasteiger partial charge in [0.25, 0.3) is 0 Å². The van der Waals surface area contributed by atoms with Gasteiger partial charge in [-0.25, -0.2) is 0 Å². The highest BCUT2D eigenvalue weighted by atomic mass is 79.9. The molecule has 0 aliphatic rings. The molecule has 0 saturated carbocycles. The van der Waals surface area contributed by atoms with E-state index in [1.807, 2.05) is 12.1 Å². The Kier molecular flexibility index (Phi) is 5.48. The second-order valence-electron chi connectivity index (χ2n) is 4.05. The molecule has 1 aromatic carbocycles. The van der Waals surface area contributed by atoms with Gasteiger partial charge in [0.05, 0.1) is 11.1 Å². The molecule has 1 aromatic rings. The summed E-state index contributed by atoms with van der Waals surface area (Å²) in [6, 6.07) is 5.46. The van der Waals surface area contributed by atoms with E-state index in [0.717, 1.165) is 29.7 Å². The van der Waals surface area contributed by atoms with Crippen LogP contribution < -0.4 is 10.5 Å². The highest BCUT2D eigenvalue weighted by Crippen LogP contribution is 2.26. The van der Waals surface area contributed by atoms with Gasteiger partial charge in [0.2, 0.25) is 0 Å². The van der Waals surface area contributed by atoms with Gasteiger partial charge in [-0.3, -0.25) is 5.41 Å². The van der Waals surface area contributed by atoms with E-state index in [4.69, 9.17) is 15.9 Å². The van der Waals surface area contributed by atoms with Crippen molar-refractivity contribution in [1.29, 1.82) is 5.41 Å². The molecule has 0 heterocycles. The summed E-state index contributed by atoms with van der Waals surface area (Å²) < 4.78 is 6.60. The first kappa shape index (κ1) is 14.0. The molecule has 17 heavy (non-hydrogen) atoms. The predicted molar refractivity (Wildman–Crippen MR) is 74.7 cm³/mol. The van der Waals surface area contributed by atoms with Crippen LogP contribution in [-0.4, -0.2) is 12.4 Å². The Morgan fingerprint density at radius 1 is 1.41 bits per heavy atom. The third-order valence-corrected chi connectivity index (χ3v) is 3.49. The molecule has 3 nitrogen and oxygen atoms in total. The maximum Gasteiger partial charge on any atom is 0.133 e. The predicted octanol–water partition coefficient (Wildman–Crippen LogP) is 3.55. The number of nitrogens with two attached hydrogens (primary N) is 1. The summed E-state index contributed by atoms with van der Waals surface area (Å²) in [7, 11) is 0. The van der Waals surface area contributed by atoms with Crippen LogP contribution in [0.5, 0.6) is 5.75 Å². The summed E-state index contributed by atoms with van der Waals surface area (Å²) in [5.74, 6) is 1.47. The second-order valence-corrected chi connectivity index (χ2v) is 4.91. The number of benzene rings is 1. The van der Waals surface area contributed by atoms with Gasteiger partial charge in [0, 0.05) is 5.56 Å². The highest BCUT2D eigenvalue weighted by Gasteiger charge is 2.08. The largest absolute Gasteiger partial charge is 0.492 e. The average molecular weight is 299 g/mol. The van der Waals surface area contributed by atoms with Crippen molar-refractivity contribution in [2.45, 2.75) is 26.7 Å². The van der Waals surface area contributed by atoms with E-state index >= 15 is 0 Å². The topological polar surface area (TPSA) is 59.1 Å². The minimum absolute atomic E-state index is 0.0669. The molecule has 0 saturated heterocycles. The highest BCUT2D eigenvalue weighted by molar-refractivity contribution is 9.10. The van der Waals surface area contributed by atoms with Gasteiger partial charge in [-0.1, -0.05) is 26.7 Å². The lowest BCUT2D eigenvalue weighted by Gasteiger charge is -2.15. The first-order valence-corrected chi connectivity index (χ1v) is 6.64. The van der Waals surface area contributed by atoms with Crippen molar-refractivity contribution in [2.75, 3.05) is 6.61 Å². The quantitative estimate of drug-likeness (QED) is 0.623. The van der Waals surface area contributed by atoms with Crippen LogP contribution in [-0.2, 0) is 0 Å². The number of rotatable bonds is 6. The van der Waals surface area contributed by atoms with Gasteiger partial charge in [0.15, 0.2) is 0 Å². The van der Waals surface area contributed by atoms with Crippen LogP contribution in [0.4, 0.5) is 0 Å². The second kappa shape index (κ2) is 6.64. The van der Waals surface area contributed by atoms with Crippen LogP contribution in [0, 0.1) is 11.3 Å². The molecule has 94 valence electrons. The number of hydrogen-bond acceptors (Lipinski definition) is 2. The lowest BCUT2D eigenvalue weighted by Crippen LogP contribution is -2.12. The Labute approximate surface area is 111 Å². The molecule has 4 heteroatoms. The van der Waals surface area contributed by atoms with E-state index in [9.17, 15) is 0 Å². The molecule has 0 radical (unpaired) electrons. The van der Waals surface area contributed by atoms with Crippen molar-refractivity contribution >= 4 is 21.8 Å². The molecule has 0 bridgehead atoms. The van der Waals surface area contributed by atoms with Crippen LogP contribution >= 0.6 is 15.9 Å². The van der Waals surface area contributed by atoms with Gasteiger partial charge in [-0.15, -0.1) is 0 Å². The molecule has 3 N–H and O–H groups in total. The van der Waals surface area contributed by atoms with Crippen molar-refractivity contribution < 1.29 is 4.74 Å². The lowest BCUT2D eigenvalue weighted by atomic mass is 10.1. The fourth-order valence-electron chi connectivity index (χ4n) is 1.52. The SMILES string of the molecule is CCC(CC)COc1ccc(C(=N)N)cc1Br. The summed E-state index contributed by atoms with van der Waals surface area (Å²) in [6.07, 6.45) is 2.25. The van der Waals surface area contributed by atoms with Crippen LogP contribution in [0.25, 0.3) is 0 Å². The Morgan fingerprint density at radius 2 is 2.06 bits per heavy atom. The Bertz CT molecular complexity index is 389. The molecule has 0 amide bonds. The normalized spacial score (nSPS) is 10.6. The molecule has 0 unspecified atom stereocenters. The maximum atomic E-state index is 7.35. The summed E-state index contributed by atoms with van der Waals surface area (Å²) >= 11 is 3.43. The molecular weight excluding hydrogens is 280 g/mol. The molecule has 0 aliphatic carbocycles. The number of ether oxygens (including phenoxy) is 1. The average Bonchev–Trinajstić information content (AvgIpc) is 2.31. The van der Waals surface area contributed by atoms with Gasteiger partial charge in [-0.05, 0) is 40.0 Å². The molecule has 0 aromatic heterocycles. The Morgan fingerprint density at radius 3 is 2.53 bits per heavy atom. The molecule has 0 spiro atoms. The maximum absolute atomic E-state index is 7.35. The van der Waals surface area contributed by atoms with E-state index in [0.29, 0.717) is 11.5 Å². The third kappa shape index (κ3) is 4.04. The van der Waals surface area contributed by atoms with E-state index in [-0.39, 0.29) is 5.84 Å². The van der Waals surface area contributed by atoms with Crippen LogP contribution in [0.15, 0.2) is 22.7 Å². The summed E-state index contributed by atoms with van der Waals surface area (Å²) in [5.41, 5.74) is 6.12. The van der Waals surface area contributed by atoms with Crippen molar-refractivity contribution in [2.24, 2.45) is 11.7 Å². The lowest BCUT2D eigenvalue weighted by molar-refractivity contribution is 0.239. The van der Waals surface area contributed by atoms with Crippen molar-refractivity contribution in [3.63, 3.8) is 0 Å². The van der Waals surface area contributed by atoms with Gasteiger partial charge in [-0.2, -0.15) is 0 Å². The Balaban J connectivity index is 2.69. The number of hydrogen-bond donors (Lipinski definition) is 2. The molecule has 0 aliphatic heterocycles. The minimum atomic E-state index is 0.0669. The molecule has 1 rings (SSSR count). The van der Waals surface area contributed by atoms with Crippen molar-refractivity contribution in [1.82, 2.24) is 0 Å².